The molecule has 2 saturated carbocycles. The minimum absolute atomic E-state index is 0.0397. The number of carbonyl (C=O) groups excluding carboxylic acids is 5. The molecule has 274 valence electrons. The second kappa shape index (κ2) is 22.3. The molecule has 2 aliphatic rings. The Balaban J connectivity index is 1.83. The first-order chi connectivity index (χ1) is 23.1. The average molecular weight is 688 g/mol. The van der Waals surface area contributed by atoms with Crippen LogP contribution in [0.3, 0.4) is 0 Å². The van der Waals surface area contributed by atoms with Gasteiger partial charge in [-0.2, -0.15) is 0 Å². The lowest BCUT2D eigenvalue weighted by atomic mass is 9.78. The van der Waals surface area contributed by atoms with Crippen LogP contribution in [0.25, 0.3) is 0 Å². The third-order valence-electron chi connectivity index (χ3n) is 9.01. The van der Waals surface area contributed by atoms with Crippen LogP contribution in [-0.4, -0.2) is 155 Å². The van der Waals surface area contributed by atoms with Crippen LogP contribution in [0.4, 0.5) is 0 Å². The zero-order valence-electron chi connectivity index (χ0n) is 27.7. The topological polar surface area (TPSA) is 232 Å². The number of aliphatic hydroxyl groups excluding tert-OH is 4. The molecule has 0 heterocycles. The van der Waals surface area contributed by atoms with Gasteiger partial charge in [-0.3, -0.25) is 28.8 Å². The van der Waals surface area contributed by atoms with E-state index in [4.69, 9.17) is 9.47 Å². The van der Waals surface area contributed by atoms with Gasteiger partial charge in [0.05, 0.1) is 69.6 Å². The zero-order chi connectivity index (χ0) is 35.5. The highest BCUT2D eigenvalue weighted by Crippen LogP contribution is 2.33. The molecule has 0 aliphatic heterocycles. The van der Waals surface area contributed by atoms with Gasteiger partial charge in [-0.1, -0.05) is 25.7 Å². The van der Waals surface area contributed by atoms with Gasteiger partial charge in [0.2, 0.25) is 17.7 Å². The van der Waals surface area contributed by atoms with E-state index >= 15 is 0 Å². The van der Waals surface area contributed by atoms with Crippen LogP contribution >= 0.6 is 0 Å². The Bertz CT molecular complexity index is 1050. The number of amides is 3. The van der Waals surface area contributed by atoms with E-state index in [1.165, 1.54) is 14.7 Å². The third-order valence-corrected chi connectivity index (χ3v) is 9.01. The maximum Gasteiger partial charge on any atom is 0.309 e. The molecule has 2 fully saturated rings. The molecule has 4 unspecified atom stereocenters. The summed E-state index contributed by atoms with van der Waals surface area (Å²) in [4.78, 5) is 79.8. The molecule has 48 heavy (non-hydrogen) atoms. The van der Waals surface area contributed by atoms with Crippen LogP contribution in [0.5, 0.6) is 0 Å². The zero-order valence-corrected chi connectivity index (χ0v) is 27.7. The van der Waals surface area contributed by atoms with Crippen LogP contribution in [0.2, 0.25) is 0 Å². The maximum absolute atomic E-state index is 13.1. The van der Waals surface area contributed by atoms with Crippen molar-refractivity contribution in [3.63, 3.8) is 0 Å². The van der Waals surface area contributed by atoms with Crippen molar-refractivity contribution in [3.8, 4) is 0 Å². The van der Waals surface area contributed by atoms with Gasteiger partial charge in [0, 0.05) is 32.6 Å². The van der Waals surface area contributed by atoms with E-state index in [-0.39, 0.29) is 97.7 Å². The van der Waals surface area contributed by atoms with Crippen LogP contribution in [0.15, 0.2) is 0 Å². The molecule has 0 bridgehead atoms. The summed E-state index contributed by atoms with van der Waals surface area (Å²) in [6.45, 7) is -1.78. The SMILES string of the molecule is O=C(CCC(=O)N(CCO)CCOC(=O)C1CCCCC1C(=O)N(CCO)CCO)OCCN(CCO)C(=O)C1CCCCC1C(=O)O. The molecule has 16 heteroatoms. The van der Waals surface area contributed by atoms with Crippen molar-refractivity contribution >= 4 is 35.6 Å². The molecule has 0 aromatic rings. The maximum atomic E-state index is 13.1. The van der Waals surface area contributed by atoms with E-state index in [0.717, 1.165) is 25.7 Å². The van der Waals surface area contributed by atoms with E-state index in [9.17, 15) is 54.3 Å². The Morgan fingerprint density at radius 3 is 1.46 bits per heavy atom. The van der Waals surface area contributed by atoms with Gasteiger partial charge in [-0.05, 0) is 25.7 Å². The number of hydrogen-bond donors (Lipinski definition) is 5. The van der Waals surface area contributed by atoms with Crippen molar-refractivity contribution in [2.24, 2.45) is 23.7 Å². The monoisotopic (exact) mass is 687 g/mol. The molecule has 16 nitrogen and oxygen atoms in total. The lowest BCUT2D eigenvalue weighted by Gasteiger charge is -2.33. The van der Waals surface area contributed by atoms with E-state index in [1.54, 1.807) is 0 Å². The highest BCUT2D eigenvalue weighted by Gasteiger charge is 2.39. The standard InChI is InChI=1S/C32H53N3O13/c36-17-11-33(15-22-48-32(46)26-8-4-2-6-24(26)30(43)34(12-18-37)13-19-38)27(40)9-10-28(41)47-21-16-35(14-20-39)29(42)23-5-1-3-7-25(23)31(44)45/h23-26,36-39H,1-22H2,(H,44,45). The second-order valence-corrected chi connectivity index (χ2v) is 12.1. The minimum atomic E-state index is -1.03. The molecule has 5 N–H and O–H groups in total. The highest BCUT2D eigenvalue weighted by atomic mass is 16.5. The summed E-state index contributed by atoms with van der Waals surface area (Å²) >= 11 is 0. The predicted molar refractivity (Wildman–Crippen MR) is 168 cm³/mol. The number of carboxylic acid groups (broad SMARTS) is 1. The number of rotatable bonds is 21. The summed E-state index contributed by atoms with van der Waals surface area (Å²) in [6.07, 6.45) is 4.13. The number of hydrogen-bond acceptors (Lipinski definition) is 12. The van der Waals surface area contributed by atoms with E-state index in [0.29, 0.717) is 25.7 Å². The number of ether oxygens (including phenoxy) is 2. The van der Waals surface area contributed by atoms with Crippen LogP contribution in [-0.2, 0) is 38.2 Å². The van der Waals surface area contributed by atoms with Crippen molar-refractivity contribution in [2.75, 3.05) is 78.9 Å². The van der Waals surface area contributed by atoms with Gasteiger partial charge in [0.1, 0.15) is 13.2 Å². The second-order valence-electron chi connectivity index (χ2n) is 12.1. The Labute approximate surface area is 280 Å². The van der Waals surface area contributed by atoms with E-state index < -0.39 is 53.4 Å². The predicted octanol–water partition coefficient (Wildman–Crippen LogP) is -0.995. The number of aliphatic hydroxyl groups is 4. The fraction of sp³-hybridized carbons (Fsp3) is 0.812. The van der Waals surface area contributed by atoms with Gasteiger partial charge in [0.25, 0.3) is 0 Å². The molecule has 0 saturated heterocycles. The average Bonchev–Trinajstić information content (AvgIpc) is 3.09. The van der Waals surface area contributed by atoms with Crippen LogP contribution in [0, 0.1) is 23.7 Å². The number of aliphatic carboxylic acids is 1. The largest absolute Gasteiger partial charge is 0.481 e. The van der Waals surface area contributed by atoms with Gasteiger partial charge in [0.15, 0.2) is 0 Å². The quantitative estimate of drug-likeness (QED) is 0.0914. The molecule has 0 aromatic carbocycles. The Morgan fingerprint density at radius 2 is 0.938 bits per heavy atom. The first-order valence-corrected chi connectivity index (χ1v) is 16.9. The Hall–Kier alpha value is -3.34. The van der Waals surface area contributed by atoms with Gasteiger partial charge >= 0.3 is 17.9 Å². The highest BCUT2D eigenvalue weighted by molar-refractivity contribution is 5.86. The number of carboxylic acids is 1. The van der Waals surface area contributed by atoms with Crippen molar-refractivity contribution in [1.82, 2.24) is 14.7 Å². The molecule has 2 aliphatic carbocycles. The summed E-state index contributed by atoms with van der Waals surface area (Å²) in [5.41, 5.74) is 0. The van der Waals surface area contributed by atoms with Crippen LogP contribution < -0.4 is 0 Å². The Morgan fingerprint density at radius 1 is 0.521 bits per heavy atom. The number of nitrogens with zero attached hydrogens (tertiary/aromatic N) is 3. The fourth-order valence-corrected chi connectivity index (χ4v) is 6.48. The summed E-state index contributed by atoms with van der Waals surface area (Å²) in [6, 6.07) is 0. The van der Waals surface area contributed by atoms with Crippen molar-refractivity contribution in [2.45, 2.75) is 64.2 Å². The number of esters is 2. The molecule has 4 atom stereocenters. The first-order valence-electron chi connectivity index (χ1n) is 16.9. The molecule has 2 rings (SSSR count). The van der Waals surface area contributed by atoms with Gasteiger partial charge in [-0.25, -0.2) is 0 Å². The van der Waals surface area contributed by atoms with Crippen molar-refractivity contribution in [1.29, 1.82) is 0 Å². The molecule has 0 aromatic heterocycles. The third kappa shape index (κ3) is 12.9. The minimum Gasteiger partial charge on any atom is -0.481 e. The summed E-state index contributed by atoms with van der Waals surface area (Å²) in [5.74, 6) is -6.40. The fourth-order valence-electron chi connectivity index (χ4n) is 6.48. The smallest absolute Gasteiger partial charge is 0.309 e. The molecule has 0 radical (unpaired) electrons. The molecular weight excluding hydrogens is 634 g/mol. The molecule has 3 amide bonds. The van der Waals surface area contributed by atoms with Crippen molar-refractivity contribution < 1.29 is 63.8 Å². The summed E-state index contributed by atoms with van der Waals surface area (Å²) < 4.78 is 10.6. The van der Waals surface area contributed by atoms with Gasteiger partial charge < -0.3 is 49.7 Å². The normalized spacial score (nSPS) is 20.8. The summed E-state index contributed by atoms with van der Waals surface area (Å²) in [7, 11) is 0. The molecule has 0 spiro atoms. The summed E-state index contributed by atoms with van der Waals surface area (Å²) in [5, 5.41) is 47.0. The number of carbonyl (C=O) groups is 6. The lowest BCUT2D eigenvalue weighted by molar-refractivity contribution is -0.158. The van der Waals surface area contributed by atoms with Crippen LogP contribution in [0.1, 0.15) is 64.2 Å². The first kappa shape index (κ1) is 40.8. The molecular formula is C32H53N3O13. The Kier molecular flexibility index (Phi) is 19.0. The van der Waals surface area contributed by atoms with Gasteiger partial charge in [-0.15, -0.1) is 0 Å². The lowest BCUT2D eigenvalue weighted by Crippen LogP contribution is -2.45. The van der Waals surface area contributed by atoms with Crippen molar-refractivity contribution in [3.05, 3.63) is 0 Å². The van der Waals surface area contributed by atoms with E-state index in [1.807, 2.05) is 0 Å². The van der Waals surface area contributed by atoms with E-state index in [2.05, 4.69) is 0 Å².